The number of amides is 1. The maximum absolute atomic E-state index is 12.6. The van der Waals surface area contributed by atoms with Crippen LogP contribution in [0.2, 0.25) is 0 Å². The molecule has 33 heavy (non-hydrogen) atoms. The number of aryl methyl sites for hydroxylation is 1. The van der Waals surface area contributed by atoms with Gasteiger partial charge >= 0.3 is 5.63 Å². The second-order valence-electron chi connectivity index (χ2n) is 7.52. The van der Waals surface area contributed by atoms with E-state index in [1.807, 2.05) is 43.3 Å². The predicted octanol–water partition coefficient (Wildman–Crippen LogP) is 5.01. The Morgan fingerprint density at radius 1 is 1.15 bits per heavy atom. The molecule has 0 saturated heterocycles. The number of anilines is 1. The van der Waals surface area contributed by atoms with Crippen LogP contribution in [0.25, 0.3) is 22.2 Å². The number of thiazole rings is 1. The first-order chi connectivity index (χ1) is 15.9. The lowest BCUT2D eigenvalue weighted by molar-refractivity contribution is -0.116. The first-order valence-electron chi connectivity index (χ1n) is 10.3. The monoisotopic (exact) mass is 462 g/mol. The van der Waals surface area contributed by atoms with Gasteiger partial charge < -0.3 is 14.5 Å². The summed E-state index contributed by atoms with van der Waals surface area (Å²) in [5, 5.41) is 3.90. The molecule has 168 valence electrons. The van der Waals surface area contributed by atoms with Crippen molar-refractivity contribution in [2.45, 2.75) is 26.7 Å². The number of ketones is 1. The van der Waals surface area contributed by atoms with E-state index in [0.717, 1.165) is 27.8 Å². The van der Waals surface area contributed by atoms with E-state index in [4.69, 9.17) is 9.15 Å². The molecule has 0 saturated carbocycles. The highest BCUT2D eigenvalue weighted by Gasteiger charge is 2.19. The fourth-order valence-corrected chi connectivity index (χ4v) is 4.51. The lowest BCUT2D eigenvalue weighted by atomic mass is 10.0. The number of hydrogen-bond acceptors (Lipinski definition) is 7. The van der Waals surface area contributed by atoms with Crippen molar-refractivity contribution in [3.8, 4) is 17.0 Å². The molecule has 0 spiro atoms. The molecule has 0 aliphatic heterocycles. The molecule has 8 heteroatoms. The molecular formula is C25H22N2O5S. The summed E-state index contributed by atoms with van der Waals surface area (Å²) < 4.78 is 10.6. The van der Waals surface area contributed by atoms with Gasteiger partial charge in [0.2, 0.25) is 5.91 Å². The number of methoxy groups -OCH3 is 1. The Balaban J connectivity index is 1.52. The van der Waals surface area contributed by atoms with E-state index >= 15 is 0 Å². The van der Waals surface area contributed by atoms with E-state index in [0.29, 0.717) is 32.6 Å². The van der Waals surface area contributed by atoms with Gasteiger partial charge in [-0.05, 0) is 31.0 Å². The summed E-state index contributed by atoms with van der Waals surface area (Å²) in [6.07, 6.45) is 0.293. The largest absolute Gasteiger partial charge is 0.497 e. The fraction of sp³-hybridized carbons (Fsp3) is 0.200. The SMILES string of the molecule is COc1ccc2c(C)c(CCC(=O)Nc3nc(-c4ccccc4)c(C(C)=O)s3)c(=O)oc2c1. The Labute approximate surface area is 194 Å². The number of carbonyl (C=O) groups is 2. The van der Waals surface area contributed by atoms with Crippen LogP contribution in [0.15, 0.2) is 57.7 Å². The third-order valence-corrected chi connectivity index (χ3v) is 6.41. The van der Waals surface area contributed by atoms with E-state index in [9.17, 15) is 14.4 Å². The number of rotatable bonds is 7. The summed E-state index contributed by atoms with van der Waals surface area (Å²) in [5.41, 5.74) is 2.55. The number of nitrogens with one attached hydrogen (secondary N) is 1. The predicted molar refractivity (Wildman–Crippen MR) is 128 cm³/mol. The van der Waals surface area contributed by atoms with Crippen molar-refractivity contribution in [1.29, 1.82) is 0 Å². The number of ether oxygens (including phenoxy) is 1. The Kier molecular flexibility index (Phi) is 6.37. The van der Waals surface area contributed by atoms with E-state index in [-0.39, 0.29) is 24.5 Å². The second kappa shape index (κ2) is 9.38. The van der Waals surface area contributed by atoms with Crippen molar-refractivity contribution < 1.29 is 18.7 Å². The van der Waals surface area contributed by atoms with Crippen molar-refractivity contribution in [3.63, 3.8) is 0 Å². The van der Waals surface area contributed by atoms with Crippen molar-refractivity contribution in [2.24, 2.45) is 0 Å². The van der Waals surface area contributed by atoms with E-state index in [1.165, 1.54) is 6.92 Å². The van der Waals surface area contributed by atoms with Crippen LogP contribution >= 0.6 is 11.3 Å². The lowest BCUT2D eigenvalue weighted by Gasteiger charge is -2.08. The van der Waals surface area contributed by atoms with Gasteiger partial charge in [-0.2, -0.15) is 0 Å². The average Bonchev–Trinajstić information content (AvgIpc) is 3.23. The maximum Gasteiger partial charge on any atom is 0.339 e. The van der Waals surface area contributed by atoms with E-state index < -0.39 is 5.63 Å². The zero-order valence-electron chi connectivity index (χ0n) is 18.4. The minimum atomic E-state index is -0.472. The van der Waals surface area contributed by atoms with Gasteiger partial charge in [-0.25, -0.2) is 9.78 Å². The first-order valence-corrected chi connectivity index (χ1v) is 11.2. The number of fused-ring (bicyclic) bond motifs is 1. The van der Waals surface area contributed by atoms with Crippen LogP contribution in [0.1, 0.15) is 34.1 Å². The second-order valence-corrected chi connectivity index (χ2v) is 8.52. The van der Waals surface area contributed by atoms with Gasteiger partial charge in [0.15, 0.2) is 10.9 Å². The zero-order valence-corrected chi connectivity index (χ0v) is 19.2. The highest BCUT2D eigenvalue weighted by molar-refractivity contribution is 7.18. The van der Waals surface area contributed by atoms with Crippen molar-refractivity contribution in [3.05, 3.63) is 75.0 Å². The summed E-state index contributed by atoms with van der Waals surface area (Å²) in [7, 11) is 1.55. The van der Waals surface area contributed by atoms with Gasteiger partial charge in [0.1, 0.15) is 11.3 Å². The standard InChI is InChI=1S/C25H22N2O5S/c1-14-18-10-9-17(31-3)13-20(18)32-24(30)19(14)11-12-21(29)26-25-27-22(23(33-25)15(2)28)16-7-5-4-6-8-16/h4-10,13H,11-12H2,1-3H3,(H,26,27,29). The highest BCUT2D eigenvalue weighted by atomic mass is 32.1. The molecule has 0 unspecified atom stereocenters. The fourth-order valence-electron chi connectivity index (χ4n) is 3.61. The molecule has 4 aromatic rings. The van der Waals surface area contributed by atoms with Crippen LogP contribution in [0.4, 0.5) is 5.13 Å². The topological polar surface area (TPSA) is 98.5 Å². The Morgan fingerprint density at radius 3 is 2.61 bits per heavy atom. The normalized spacial score (nSPS) is 10.9. The van der Waals surface area contributed by atoms with Crippen molar-refractivity contribution in [2.75, 3.05) is 12.4 Å². The number of nitrogens with zero attached hydrogens (tertiary/aromatic N) is 1. The molecule has 0 aliphatic carbocycles. The van der Waals surface area contributed by atoms with Gasteiger partial charge in [-0.15, -0.1) is 0 Å². The molecule has 2 aromatic heterocycles. The molecule has 4 rings (SSSR count). The molecule has 1 amide bonds. The van der Waals surface area contributed by atoms with Crippen LogP contribution in [-0.4, -0.2) is 23.8 Å². The van der Waals surface area contributed by atoms with Crippen LogP contribution in [-0.2, 0) is 11.2 Å². The highest BCUT2D eigenvalue weighted by Crippen LogP contribution is 2.31. The van der Waals surface area contributed by atoms with Crippen molar-refractivity contribution in [1.82, 2.24) is 4.98 Å². The molecule has 1 N–H and O–H groups in total. The molecule has 2 heterocycles. The summed E-state index contributed by atoms with van der Waals surface area (Å²) in [6.45, 7) is 3.31. The molecule has 0 bridgehead atoms. The Bertz CT molecular complexity index is 1410. The number of Topliss-reactive ketones (excluding diaryl/α,β-unsaturated/α-hetero) is 1. The summed E-state index contributed by atoms with van der Waals surface area (Å²) in [5.74, 6) is 0.181. The zero-order chi connectivity index (χ0) is 23.5. The third-order valence-electron chi connectivity index (χ3n) is 5.34. The molecule has 7 nitrogen and oxygen atoms in total. The van der Waals surface area contributed by atoms with E-state index in [2.05, 4.69) is 10.3 Å². The Morgan fingerprint density at radius 2 is 1.91 bits per heavy atom. The van der Waals surface area contributed by atoms with Crippen molar-refractivity contribution >= 4 is 39.1 Å². The number of hydrogen-bond donors (Lipinski definition) is 1. The number of carbonyl (C=O) groups excluding carboxylic acids is 2. The number of aromatic nitrogens is 1. The molecular weight excluding hydrogens is 440 g/mol. The van der Waals surface area contributed by atoms with Gasteiger partial charge in [0.25, 0.3) is 0 Å². The molecule has 0 aliphatic rings. The molecule has 2 aromatic carbocycles. The van der Waals surface area contributed by atoms with Crippen LogP contribution in [0.3, 0.4) is 0 Å². The van der Waals surface area contributed by atoms with Crippen LogP contribution in [0.5, 0.6) is 5.75 Å². The molecule has 0 radical (unpaired) electrons. The lowest BCUT2D eigenvalue weighted by Crippen LogP contribution is -2.16. The molecule has 0 atom stereocenters. The summed E-state index contributed by atoms with van der Waals surface area (Å²) in [6, 6.07) is 14.6. The quantitative estimate of drug-likeness (QED) is 0.306. The minimum Gasteiger partial charge on any atom is -0.497 e. The summed E-state index contributed by atoms with van der Waals surface area (Å²) >= 11 is 1.14. The van der Waals surface area contributed by atoms with E-state index in [1.54, 1.807) is 19.2 Å². The van der Waals surface area contributed by atoms with Crippen LogP contribution < -0.4 is 15.7 Å². The van der Waals surface area contributed by atoms with Crippen LogP contribution in [0, 0.1) is 6.92 Å². The minimum absolute atomic E-state index is 0.0723. The smallest absolute Gasteiger partial charge is 0.339 e. The van der Waals surface area contributed by atoms with Gasteiger partial charge in [-0.1, -0.05) is 41.7 Å². The third kappa shape index (κ3) is 4.70. The maximum atomic E-state index is 12.6. The number of benzene rings is 2. The Hall–Kier alpha value is -3.78. The summed E-state index contributed by atoms with van der Waals surface area (Å²) in [4.78, 5) is 42.1. The van der Waals surface area contributed by atoms with Gasteiger partial charge in [-0.3, -0.25) is 9.59 Å². The van der Waals surface area contributed by atoms with Gasteiger partial charge in [0, 0.05) is 35.9 Å². The van der Waals surface area contributed by atoms with Gasteiger partial charge in [0.05, 0.1) is 17.7 Å². The molecule has 0 fully saturated rings. The first kappa shape index (κ1) is 22.4. The average molecular weight is 463 g/mol.